The van der Waals surface area contributed by atoms with Crippen molar-refractivity contribution in [3.8, 4) is 23.8 Å². The predicted octanol–water partition coefficient (Wildman–Crippen LogP) is 3.44. The smallest absolute Gasteiger partial charge is 0.335 e. The van der Waals surface area contributed by atoms with Crippen LogP contribution in [-0.2, 0) is 9.59 Å². The minimum Gasteiger partial charge on any atom is -0.493 e. The molecule has 1 saturated heterocycles. The molecule has 8 heteroatoms. The molecule has 1 N–H and O–H groups in total. The number of halogens is 1. The van der Waals surface area contributed by atoms with Crippen molar-refractivity contribution in [1.29, 1.82) is 0 Å². The van der Waals surface area contributed by atoms with Crippen LogP contribution in [0.15, 0.2) is 46.4 Å². The molecule has 0 atom stereocenters. The molecule has 1 heterocycles. The Labute approximate surface area is 181 Å². The van der Waals surface area contributed by atoms with Crippen LogP contribution in [0.3, 0.4) is 0 Å². The van der Waals surface area contributed by atoms with Gasteiger partial charge in [0, 0.05) is 4.47 Å². The van der Waals surface area contributed by atoms with Gasteiger partial charge in [0.15, 0.2) is 11.5 Å². The summed E-state index contributed by atoms with van der Waals surface area (Å²) in [6.07, 6.45) is 6.58. The second-order valence-corrected chi connectivity index (χ2v) is 7.15. The van der Waals surface area contributed by atoms with Gasteiger partial charge in [-0.25, -0.2) is 9.69 Å². The van der Waals surface area contributed by atoms with Crippen molar-refractivity contribution in [3.63, 3.8) is 0 Å². The predicted molar refractivity (Wildman–Crippen MR) is 115 cm³/mol. The number of nitrogens with zero attached hydrogens (tertiary/aromatic N) is 1. The van der Waals surface area contributed by atoms with E-state index in [0.717, 1.165) is 14.9 Å². The van der Waals surface area contributed by atoms with Gasteiger partial charge in [-0.05, 0) is 54.5 Å². The van der Waals surface area contributed by atoms with Gasteiger partial charge in [-0.1, -0.05) is 27.9 Å². The van der Waals surface area contributed by atoms with Crippen LogP contribution in [0.25, 0.3) is 6.08 Å². The van der Waals surface area contributed by atoms with Gasteiger partial charge < -0.3 is 9.47 Å². The fraction of sp³-hybridized carbons (Fsp3) is 0.136. The first-order valence-corrected chi connectivity index (χ1v) is 9.57. The van der Waals surface area contributed by atoms with E-state index in [1.165, 1.54) is 13.2 Å². The Morgan fingerprint density at radius 3 is 2.60 bits per heavy atom. The van der Waals surface area contributed by atoms with Gasteiger partial charge in [-0.15, -0.1) is 6.42 Å². The van der Waals surface area contributed by atoms with Gasteiger partial charge >= 0.3 is 6.03 Å². The lowest BCUT2D eigenvalue weighted by atomic mass is 10.1. The van der Waals surface area contributed by atoms with Crippen LogP contribution in [0, 0.1) is 19.3 Å². The summed E-state index contributed by atoms with van der Waals surface area (Å²) < 4.78 is 11.5. The van der Waals surface area contributed by atoms with Crippen molar-refractivity contribution in [3.05, 3.63) is 57.6 Å². The molecule has 152 valence electrons. The summed E-state index contributed by atoms with van der Waals surface area (Å²) in [5.74, 6) is 1.68. The number of methoxy groups -OCH3 is 1. The zero-order chi connectivity index (χ0) is 21.8. The van der Waals surface area contributed by atoms with Crippen molar-refractivity contribution in [2.45, 2.75) is 6.92 Å². The molecular formula is C22H17BrN2O5. The molecule has 1 aliphatic rings. The van der Waals surface area contributed by atoms with E-state index in [-0.39, 0.29) is 12.2 Å². The fourth-order valence-corrected chi connectivity index (χ4v) is 3.09. The van der Waals surface area contributed by atoms with E-state index in [9.17, 15) is 14.4 Å². The van der Waals surface area contributed by atoms with Crippen LogP contribution in [0.1, 0.15) is 11.1 Å². The minimum absolute atomic E-state index is 0.0708. The Bertz CT molecular complexity index is 1120. The summed E-state index contributed by atoms with van der Waals surface area (Å²) in [4.78, 5) is 38.6. The summed E-state index contributed by atoms with van der Waals surface area (Å²) in [5.41, 5.74) is 1.52. The number of nitrogens with one attached hydrogen (secondary N) is 1. The Kier molecular flexibility index (Phi) is 6.23. The Morgan fingerprint density at radius 2 is 1.93 bits per heavy atom. The summed E-state index contributed by atoms with van der Waals surface area (Å²) in [5, 5.41) is 2.20. The first-order chi connectivity index (χ1) is 14.3. The van der Waals surface area contributed by atoms with Gasteiger partial charge in [0.2, 0.25) is 0 Å². The number of rotatable bonds is 5. The van der Waals surface area contributed by atoms with Gasteiger partial charge in [0.25, 0.3) is 11.8 Å². The highest BCUT2D eigenvalue weighted by Crippen LogP contribution is 2.30. The molecule has 0 saturated carbocycles. The number of carbonyl (C=O) groups excluding carboxylic acids is 3. The lowest BCUT2D eigenvalue weighted by Gasteiger charge is -2.26. The molecule has 3 rings (SSSR count). The molecule has 0 aromatic heterocycles. The molecular weight excluding hydrogens is 452 g/mol. The first kappa shape index (κ1) is 21.1. The summed E-state index contributed by atoms with van der Waals surface area (Å²) >= 11 is 3.38. The second kappa shape index (κ2) is 8.84. The average Bonchev–Trinajstić information content (AvgIpc) is 2.72. The third kappa shape index (κ3) is 4.21. The third-order valence-corrected chi connectivity index (χ3v) is 5.20. The largest absolute Gasteiger partial charge is 0.493 e. The molecule has 0 spiro atoms. The van der Waals surface area contributed by atoms with Crippen LogP contribution in [0.2, 0.25) is 0 Å². The van der Waals surface area contributed by atoms with Crippen LogP contribution in [0.4, 0.5) is 10.5 Å². The molecule has 30 heavy (non-hydrogen) atoms. The number of barbiturate groups is 1. The van der Waals surface area contributed by atoms with Crippen molar-refractivity contribution in [2.75, 3.05) is 18.6 Å². The number of amides is 4. The lowest BCUT2D eigenvalue weighted by molar-refractivity contribution is -0.122. The van der Waals surface area contributed by atoms with Crippen molar-refractivity contribution in [2.24, 2.45) is 0 Å². The number of carbonyl (C=O) groups is 3. The maximum Gasteiger partial charge on any atom is 0.335 e. The molecule has 0 radical (unpaired) electrons. The van der Waals surface area contributed by atoms with E-state index < -0.39 is 17.8 Å². The number of aryl methyl sites for hydroxylation is 1. The Hall–Kier alpha value is -3.57. The first-order valence-electron chi connectivity index (χ1n) is 8.77. The number of terminal acetylenes is 1. The van der Waals surface area contributed by atoms with E-state index in [0.29, 0.717) is 22.7 Å². The standard InChI is InChI=1S/C22H17BrN2O5/c1-4-9-30-18-8-5-14(12-19(18)29-3)11-16-20(26)24-22(28)25(21(16)27)15-6-7-17(23)13(2)10-15/h1,5-8,10-12H,9H2,2-3H3,(H,24,26,28)/b16-11+. The summed E-state index contributed by atoms with van der Waals surface area (Å²) in [6, 6.07) is 9.08. The number of imide groups is 2. The molecule has 2 aromatic carbocycles. The van der Waals surface area contributed by atoms with Crippen LogP contribution in [0.5, 0.6) is 11.5 Å². The molecule has 4 amide bonds. The molecule has 0 aliphatic carbocycles. The van der Waals surface area contributed by atoms with E-state index in [1.807, 2.05) is 6.92 Å². The van der Waals surface area contributed by atoms with Crippen LogP contribution >= 0.6 is 15.9 Å². The molecule has 0 bridgehead atoms. The van der Waals surface area contributed by atoms with E-state index >= 15 is 0 Å². The number of benzene rings is 2. The zero-order valence-electron chi connectivity index (χ0n) is 16.2. The van der Waals surface area contributed by atoms with Gasteiger partial charge in [-0.2, -0.15) is 0 Å². The highest BCUT2D eigenvalue weighted by atomic mass is 79.9. The molecule has 1 fully saturated rings. The van der Waals surface area contributed by atoms with Crippen molar-refractivity contribution in [1.82, 2.24) is 5.32 Å². The van der Waals surface area contributed by atoms with Crippen LogP contribution in [-0.4, -0.2) is 31.6 Å². The highest BCUT2D eigenvalue weighted by Gasteiger charge is 2.36. The van der Waals surface area contributed by atoms with Gasteiger partial charge in [0.05, 0.1) is 12.8 Å². The monoisotopic (exact) mass is 468 g/mol. The fourth-order valence-electron chi connectivity index (χ4n) is 2.84. The van der Waals surface area contributed by atoms with Gasteiger partial charge in [0.1, 0.15) is 12.2 Å². The van der Waals surface area contributed by atoms with Gasteiger partial charge in [-0.3, -0.25) is 14.9 Å². The molecule has 7 nitrogen and oxygen atoms in total. The maximum absolute atomic E-state index is 13.0. The van der Waals surface area contributed by atoms with Crippen LogP contribution < -0.4 is 19.7 Å². The number of urea groups is 1. The second-order valence-electron chi connectivity index (χ2n) is 6.29. The quantitative estimate of drug-likeness (QED) is 0.412. The Balaban J connectivity index is 1.98. The number of hydrogen-bond donors (Lipinski definition) is 1. The summed E-state index contributed by atoms with van der Waals surface area (Å²) in [7, 11) is 1.46. The lowest BCUT2D eigenvalue weighted by Crippen LogP contribution is -2.54. The molecule has 2 aromatic rings. The van der Waals surface area contributed by atoms with E-state index in [4.69, 9.17) is 15.9 Å². The summed E-state index contributed by atoms with van der Waals surface area (Å²) in [6.45, 7) is 1.90. The third-order valence-electron chi connectivity index (χ3n) is 4.31. The SMILES string of the molecule is C#CCOc1ccc(/C=C2\C(=O)NC(=O)N(c3ccc(Br)c(C)c3)C2=O)cc1OC. The number of hydrogen-bond acceptors (Lipinski definition) is 5. The average molecular weight is 469 g/mol. The minimum atomic E-state index is -0.806. The highest BCUT2D eigenvalue weighted by molar-refractivity contribution is 9.10. The normalized spacial score (nSPS) is 15.1. The number of ether oxygens (including phenoxy) is 2. The Morgan fingerprint density at radius 1 is 1.17 bits per heavy atom. The molecule has 0 unspecified atom stereocenters. The molecule has 1 aliphatic heterocycles. The zero-order valence-corrected chi connectivity index (χ0v) is 17.8. The number of anilines is 1. The van der Waals surface area contributed by atoms with E-state index in [1.54, 1.807) is 36.4 Å². The topological polar surface area (TPSA) is 84.9 Å². The van der Waals surface area contributed by atoms with E-state index in [2.05, 4.69) is 27.2 Å². The van der Waals surface area contributed by atoms with Crippen molar-refractivity contribution >= 4 is 45.5 Å². The van der Waals surface area contributed by atoms with Crippen molar-refractivity contribution < 1.29 is 23.9 Å². The maximum atomic E-state index is 13.0.